The summed E-state index contributed by atoms with van der Waals surface area (Å²) in [6.07, 6.45) is 1.67. The molecule has 1 atom stereocenters. The zero-order chi connectivity index (χ0) is 12.1. The van der Waals surface area contributed by atoms with Crippen molar-refractivity contribution < 1.29 is 14.6 Å². The van der Waals surface area contributed by atoms with Crippen LogP contribution in [-0.2, 0) is 4.79 Å². The number of aromatic nitrogens is 1. The first-order chi connectivity index (χ1) is 7.50. The Balaban J connectivity index is 2.82. The molecule has 0 spiro atoms. The van der Waals surface area contributed by atoms with Crippen molar-refractivity contribution in [1.82, 2.24) is 4.98 Å². The molecule has 0 aliphatic heterocycles. The van der Waals surface area contributed by atoms with Crippen molar-refractivity contribution in [2.45, 2.75) is 37.2 Å². The third kappa shape index (κ3) is 3.73. The normalized spacial score (nSPS) is 12.5. The summed E-state index contributed by atoms with van der Waals surface area (Å²) in [5.41, 5.74) is 0. The van der Waals surface area contributed by atoms with Gasteiger partial charge in [-0.05, 0) is 32.9 Å². The lowest BCUT2D eigenvalue weighted by molar-refractivity contribution is -0.136. The predicted molar refractivity (Wildman–Crippen MR) is 63.0 cm³/mol. The molecule has 1 heterocycles. The molecule has 1 unspecified atom stereocenters. The van der Waals surface area contributed by atoms with Crippen molar-refractivity contribution in [2.75, 3.05) is 0 Å². The van der Waals surface area contributed by atoms with E-state index in [0.29, 0.717) is 10.8 Å². The molecule has 4 nitrogen and oxygen atoms in total. The molecule has 0 aromatic carbocycles. The monoisotopic (exact) mass is 241 g/mol. The first-order valence-electron chi connectivity index (χ1n) is 5.02. The van der Waals surface area contributed by atoms with Gasteiger partial charge < -0.3 is 9.84 Å². The number of nitrogens with zero attached hydrogens (tertiary/aromatic N) is 1. The van der Waals surface area contributed by atoms with Crippen molar-refractivity contribution in [2.24, 2.45) is 0 Å². The fraction of sp³-hybridized carbons (Fsp3) is 0.455. The minimum atomic E-state index is -0.855. The van der Waals surface area contributed by atoms with Crippen LogP contribution in [0.5, 0.6) is 5.75 Å². The van der Waals surface area contributed by atoms with Crippen molar-refractivity contribution in [3.05, 3.63) is 18.3 Å². The lowest BCUT2D eigenvalue weighted by Gasteiger charge is -2.13. The quantitative estimate of drug-likeness (QED) is 0.802. The second kappa shape index (κ2) is 5.75. The van der Waals surface area contributed by atoms with Crippen LogP contribution in [-0.4, -0.2) is 27.4 Å². The number of hydrogen-bond acceptors (Lipinski definition) is 4. The van der Waals surface area contributed by atoms with Crippen LogP contribution in [0.1, 0.15) is 20.8 Å². The van der Waals surface area contributed by atoms with E-state index >= 15 is 0 Å². The number of carbonyl (C=O) groups is 1. The van der Waals surface area contributed by atoms with Gasteiger partial charge >= 0.3 is 5.97 Å². The molecule has 0 bridgehead atoms. The summed E-state index contributed by atoms with van der Waals surface area (Å²) in [4.78, 5) is 14.9. The molecule has 1 N–H and O–H groups in total. The van der Waals surface area contributed by atoms with Gasteiger partial charge in [0.15, 0.2) is 5.75 Å². The number of aliphatic carboxylic acids is 1. The van der Waals surface area contributed by atoms with Gasteiger partial charge in [0.25, 0.3) is 0 Å². The van der Waals surface area contributed by atoms with Crippen molar-refractivity contribution in [3.63, 3.8) is 0 Å². The molecule has 0 radical (unpaired) electrons. The summed E-state index contributed by atoms with van der Waals surface area (Å²) in [6.45, 7) is 5.46. The Morgan fingerprint density at radius 2 is 2.19 bits per heavy atom. The second-order valence-electron chi connectivity index (χ2n) is 3.57. The van der Waals surface area contributed by atoms with Crippen LogP contribution in [0.2, 0.25) is 0 Å². The van der Waals surface area contributed by atoms with Gasteiger partial charge in [-0.3, -0.25) is 4.79 Å². The average molecular weight is 241 g/mol. The summed E-state index contributed by atoms with van der Waals surface area (Å²) in [5, 5.41) is 8.91. The zero-order valence-corrected chi connectivity index (χ0v) is 10.3. The molecule has 1 rings (SSSR count). The van der Waals surface area contributed by atoms with Crippen molar-refractivity contribution in [3.8, 4) is 5.75 Å². The van der Waals surface area contributed by atoms with E-state index in [0.717, 1.165) is 0 Å². The summed E-state index contributed by atoms with van der Waals surface area (Å²) >= 11 is 1.18. The van der Waals surface area contributed by atoms with E-state index in [4.69, 9.17) is 9.84 Å². The fourth-order valence-electron chi connectivity index (χ4n) is 1.03. The van der Waals surface area contributed by atoms with E-state index < -0.39 is 11.2 Å². The SMILES string of the molecule is CC(C)Oc1cccnc1SC(C)C(=O)O. The molecular formula is C11H15NO3S. The Hall–Kier alpha value is -1.23. The first kappa shape index (κ1) is 12.8. The molecule has 0 amide bonds. The van der Waals surface area contributed by atoms with E-state index in [1.807, 2.05) is 13.8 Å². The van der Waals surface area contributed by atoms with E-state index in [-0.39, 0.29) is 6.10 Å². The number of rotatable bonds is 5. The van der Waals surface area contributed by atoms with E-state index in [1.54, 1.807) is 25.3 Å². The Kier molecular flexibility index (Phi) is 4.61. The molecular weight excluding hydrogens is 226 g/mol. The largest absolute Gasteiger partial charge is 0.488 e. The number of ether oxygens (including phenoxy) is 1. The van der Waals surface area contributed by atoms with Crippen LogP contribution < -0.4 is 4.74 Å². The predicted octanol–water partition coefficient (Wildman–Crippen LogP) is 2.43. The highest BCUT2D eigenvalue weighted by Crippen LogP contribution is 2.30. The molecule has 0 aliphatic rings. The minimum Gasteiger partial charge on any atom is -0.488 e. The summed E-state index contributed by atoms with van der Waals surface area (Å²) < 4.78 is 5.55. The second-order valence-corrected chi connectivity index (χ2v) is 4.90. The smallest absolute Gasteiger partial charge is 0.316 e. The molecule has 0 fully saturated rings. The molecule has 0 aliphatic carbocycles. The molecule has 5 heteroatoms. The lowest BCUT2D eigenvalue weighted by Crippen LogP contribution is -2.13. The Bertz CT molecular complexity index is 368. The third-order valence-corrected chi connectivity index (χ3v) is 2.82. The van der Waals surface area contributed by atoms with Gasteiger partial charge in [0.2, 0.25) is 0 Å². The maximum absolute atomic E-state index is 10.7. The molecule has 0 saturated heterocycles. The van der Waals surface area contributed by atoms with Gasteiger partial charge in [0.05, 0.1) is 6.10 Å². The molecule has 1 aromatic rings. The van der Waals surface area contributed by atoms with Crippen LogP contribution >= 0.6 is 11.8 Å². The van der Waals surface area contributed by atoms with Gasteiger partial charge in [-0.15, -0.1) is 0 Å². The van der Waals surface area contributed by atoms with Crippen LogP contribution in [0.15, 0.2) is 23.4 Å². The first-order valence-corrected chi connectivity index (χ1v) is 5.89. The number of carboxylic acid groups (broad SMARTS) is 1. The maximum Gasteiger partial charge on any atom is 0.316 e. The molecule has 1 aromatic heterocycles. The topological polar surface area (TPSA) is 59.4 Å². The van der Waals surface area contributed by atoms with Crippen LogP contribution in [0.3, 0.4) is 0 Å². The van der Waals surface area contributed by atoms with E-state index in [9.17, 15) is 4.79 Å². The fourth-order valence-corrected chi connectivity index (χ4v) is 1.82. The number of thioether (sulfide) groups is 1. The molecule has 0 saturated carbocycles. The number of pyridine rings is 1. The Morgan fingerprint density at radius 3 is 2.75 bits per heavy atom. The van der Waals surface area contributed by atoms with Gasteiger partial charge in [-0.1, -0.05) is 11.8 Å². The molecule has 16 heavy (non-hydrogen) atoms. The van der Waals surface area contributed by atoms with Crippen LogP contribution in [0, 0.1) is 0 Å². The van der Waals surface area contributed by atoms with Gasteiger partial charge in [0, 0.05) is 6.20 Å². The van der Waals surface area contributed by atoms with Crippen molar-refractivity contribution >= 4 is 17.7 Å². The highest BCUT2D eigenvalue weighted by Gasteiger charge is 2.16. The highest BCUT2D eigenvalue weighted by atomic mass is 32.2. The van der Waals surface area contributed by atoms with E-state index in [2.05, 4.69) is 4.98 Å². The Labute approximate surface area is 99.0 Å². The van der Waals surface area contributed by atoms with E-state index in [1.165, 1.54) is 11.8 Å². The van der Waals surface area contributed by atoms with Crippen LogP contribution in [0.4, 0.5) is 0 Å². The number of carboxylic acids is 1. The average Bonchev–Trinajstić information content (AvgIpc) is 2.20. The van der Waals surface area contributed by atoms with Gasteiger partial charge in [-0.25, -0.2) is 4.98 Å². The van der Waals surface area contributed by atoms with Gasteiger partial charge in [-0.2, -0.15) is 0 Å². The lowest BCUT2D eigenvalue weighted by atomic mass is 10.4. The molecule has 88 valence electrons. The summed E-state index contributed by atoms with van der Waals surface area (Å²) in [7, 11) is 0. The minimum absolute atomic E-state index is 0.0451. The third-order valence-electron chi connectivity index (χ3n) is 1.74. The Morgan fingerprint density at radius 1 is 1.50 bits per heavy atom. The summed E-state index contributed by atoms with van der Waals surface area (Å²) in [6, 6.07) is 3.57. The van der Waals surface area contributed by atoms with Crippen molar-refractivity contribution in [1.29, 1.82) is 0 Å². The number of hydrogen-bond donors (Lipinski definition) is 1. The zero-order valence-electron chi connectivity index (χ0n) is 9.51. The highest BCUT2D eigenvalue weighted by molar-refractivity contribution is 8.00. The standard InChI is InChI=1S/C11H15NO3S/c1-7(2)15-9-5-4-6-12-10(9)16-8(3)11(13)14/h4-8H,1-3H3,(H,13,14). The van der Waals surface area contributed by atoms with Gasteiger partial charge in [0.1, 0.15) is 10.3 Å². The summed E-state index contributed by atoms with van der Waals surface area (Å²) in [5.74, 6) is -0.221. The maximum atomic E-state index is 10.7. The van der Waals surface area contributed by atoms with Crippen LogP contribution in [0.25, 0.3) is 0 Å².